The maximum atomic E-state index is 13.1. The Bertz CT molecular complexity index is 1520. The fraction of sp³-hybridized carbons (Fsp3) is 0.303. The molecule has 226 valence electrons. The van der Waals surface area contributed by atoms with Crippen molar-refractivity contribution < 1.29 is 24.2 Å². The minimum absolute atomic E-state index is 0.0374. The van der Waals surface area contributed by atoms with Crippen molar-refractivity contribution in [2.45, 2.75) is 51.5 Å². The molecule has 4 rings (SSSR count). The number of halogens is 2. The second-order valence-corrected chi connectivity index (χ2v) is 10.9. The molecule has 0 saturated carbocycles. The van der Waals surface area contributed by atoms with Crippen molar-refractivity contribution in [3.8, 4) is 22.8 Å². The maximum absolute atomic E-state index is 13.1. The normalized spacial score (nSPS) is 11.6. The van der Waals surface area contributed by atoms with Gasteiger partial charge in [0.2, 0.25) is 5.91 Å². The van der Waals surface area contributed by atoms with Crippen LogP contribution in [0.1, 0.15) is 66.0 Å². The third-order valence-corrected chi connectivity index (χ3v) is 7.64. The van der Waals surface area contributed by atoms with Gasteiger partial charge < -0.3 is 24.9 Å². The molecule has 0 fully saturated rings. The Hall–Kier alpha value is -4.01. The van der Waals surface area contributed by atoms with E-state index in [0.29, 0.717) is 57.9 Å². The number of aromatic carboxylic acids is 1. The van der Waals surface area contributed by atoms with Gasteiger partial charge in [0.1, 0.15) is 22.9 Å². The van der Waals surface area contributed by atoms with E-state index in [0.717, 1.165) is 30.6 Å². The van der Waals surface area contributed by atoms with E-state index in [1.807, 2.05) is 31.2 Å². The van der Waals surface area contributed by atoms with Gasteiger partial charge in [0.15, 0.2) is 0 Å². The van der Waals surface area contributed by atoms with E-state index in [4.69, 9.17) is 32.7 Å². The van der Waals surface area contributed by atoms with Crippen LogP contribution < -0.4 is 14.8 Å². The standard InChI is InChI=1S/C33H35Cl2N3O5/c1-3-4-17-43-29-16-13-22(18-24(29)33(40)41)27(38-31(39)10-5-7-21-11-14-23(42-2)15-12-21)19-30-36-20-28(37-30)32-25(34)8-6-9-26(32)35/h6,8-9,11-16,18,20,27H,3-5,7,10,17,19H2,1-2H3,(H,36,37)(H,38,39)(H,40,41). The molecule has 0 spiro atoms. The van der Waals surface area contributed by atoms with Crippen molar-refractivity contribution in [3.05, 3.63) is 99.4 Å². The van der Waals surface area contributed by atoms with Gasteiger partial charge in [0.25, 0.3) is 0 Å². The molecular weight excluding hydrogens is 589 g/mol. The summed E-state index contributed by atoms with van der Waals surface area (Å²) in [6.07, 6.45) is 5.33. The number of carbonyl (C=O) groups is 2. The summed E-state index contributed by atoms with van der Waals surface area (Å²) in [5.74, 6) is 0.397. The molecule has 0 aliphatic heterocycles. The number of unbranched alkanes of at least 4 members (excludes halogenated alkanes) is 1. The number of carboxylic acids is 1. The number of nitrogens with one attached hydrogen (secondary N) is 2. The molecule has 1 unspecified atom stereocenters. The molecule has 3 aromatic carbocycles. The first-order valence-electron chi connectivity index (χ1n) is 14.2. The highest BCUT2D eigenvalue weighted by molar-refractivity contribution is 6.39. The van der Waals surface area contributed by atoms with E-state index in [1.54, 1.807) is 49.7 Å². The molecule has 1 aromatic heterocycles. The first-order chi connectivity index (χ1) is 20.8. The van der Waals surface area contributed by atoms with Gasteiger partial charge in [-0.15, -0.1) is 0 Å². The number of rotatable bonds is 15. The van der Waals surface area contributed by atoms with Crippen molar-refractivity contribution >= 4 is 35.1 Å². The highest BCUT2D eigenvalue weighted by Gasteiger charge is 2.22. The van der Waals surface area contributed by atoms with Crippen LogP contribution >= 0.6 is 23.2 Å². The Morgan fingerprint density at radius 1 is 1.05 bits per heavy atom. The van der Waals surface area contributed by atoms with Crippen LogP contribution in [-0.4, -0.2) is 40.7 Å². The molecule has 1 amide bonds. The number of hydrogen-bond donors (Lipinski definition) is 3. The van der Waals surface area contributed by atoms with Crippen LogP contribution in [0.3, 0.4) is 0 Å². The van der Waals surface area contributed by atoms with Crippen LogP contribution in [0, 0.1) is 0 Å². The van der Waals surface area contributed by atoms with Gasteiger partial charge in [-0.1, -0.05) is 60.8 Å². The van der Waals surface area contributed by atoms with Crippen LogP contribution in [0.4, 0.5) is 0 Å². The van der Waals surface area contributed by atoms with E-state index in [1.165, 1.54) is 0 Å². The molecule has 43 heavy (non-hydrogen) atoms. The summed E-state index contributed by atoms with van der Waals surface area (Å²) in [6, 6.07) is 17.4. The summed E-state index contributed by atoms with van der Waals surface area (Å²) >= 11 is 12.8. The molecule has 0 saturated heterocycles. The highest BCUT2D eigenvalue weighted by atomic mass is 35.5. The van der Waals surface area contributed by atoms with E-state index in [-0.39, 0.29) is 17.9 Å². The lowest BCUT2D eigenvalue weighted by atomic mass is 9.99. The number of aromatic amines is 1. The van der Waals surface area contributed by atoms with E-state index in [9.17, 15) is 14.7 Å². The topological polar surface area (TPSA) is 114 Å². The average Bonchev–Trinajstić information content (AvgIpc) is 3.45. The molecule has 3 N–H and O–H groups in total. The summed E-state index contributed by atoms with van der Waals surface area (Å²) in [5.41, 5.74) is 3.04. The maximum Gasteiger partial charge on any atom is 0.339 e. The molecular formula is C33H35Cl2N3O5. The fourth-order valence-electron chi connectivity index (χ4n) is 4.69. The number of aryl methyl sites for hydroxylation is 1. The Balaban J connectivity index is 1.54. The minimum Gasteiger partial charge on any atom is -0.497 e. The molecule has 1 atom stereocenters. The number of imidazole rings is 1. The fourth-order valence-corrected chi connectivity index (χ4v) is 5.29. The zero-order valence-electron chi connectivity index (χ0n) is 24.2. The van der Waals surface area contributed by atoms with Gasteiger partial charge in [0.05, 0.1) is 41.7 Å². The van der Waals surface area contributed by atoms with Gasteiger partial charge in [-0.25, -0.2) is 9.78 Å². The van der Waals surface area contributed by atoms with Crippen LogP contribution in [0.25, 0.3) is 11.3 Å². The Kier molecular flexibility index (Phi) is 11.5. The summed E-state index contributed by atoms with van der Waals surface area (Å²) in [5, 5.41) is 14.0. The Morgan fingerprint density at radius 3 is 2.47 bits per heavy atom. The predicted molar refractivity (Wildman–Crippen MR) is 168 cm³/mol. The smallest absolute Gasteiger partial charge is 0.339 e. The van der Waals surface area contributed by atoms with Crippen molar-refractivity contribution in [2.24, 2.45) is 0 Å². The Morgan fingerprint density at radius 2 is 1.79 bits per heavy atom. The van der Waals surface area contributed by atoms with Crippen molar-refractivity contribution in [2.75, 3.05) is 13.7 Å². The highest BCUT2D eigenvalue weighted by Crippen LogP contribution is 2.34. The summed E-state index contributed by atoms with van der Waals surface area (Å²) < 4.78 is 10.9. The van der Waals surface area contributed by atoms with Gasteiger partial charge in [0, 0.05) is 18.4 Å². The number of amides is 1. The summed E-state index contributed by atoms with van der Waals surface area (Å²) in [4.78, 5) is 33.0. The van der Waals surface area contributed by atoms with Gasteiger partial charge in [-0.05, 0) is 66.8 Å². The van der Waals surface area contributed by atoms with Gasteiger partial charge >= 0.3 is 5.97 Å². The average molecular weight is 625 g/mol. The Labute approximate surface area is 261 Å². The monoisotopic (exact) mass is 623 g/mol. The second kappa shape index (κ2) is 15.5. The van der Waals surface area contributed by atoms with Gasteiger partial charge in [-0.2, -0.15) is 0 Å². The first-order valence-corrected chi connectivity index (χ1v) is 14.9. The number of hydrogen-bond acceptors (Lipinski definition) is 5. The van der Waals surface area contributed by atoms with Crippen LogP contribution in [0.15, 0.2) is 66.9 Å². The number of benzene rings is 3. The molecule has 1 heterocycles. The number of nitrogens with zero attached hydrogens (tertiary/aromatic N) is 1. The number of methoxy groups -OCH3 is 1. The quantitative estimate of drug-likeness (QED) is 0.117. The molecule has 8 nitrogen and oxygen atoms in total. The first kappa shape index (κ1) is 31.9. The molecule has 10 heteroatoms. The number of H-pyrrole nitrogens is 1. The van der Waals surface area contributed by atoms with Crippen molar-refractivity contribution in [3.63, 3.8) is 0 Å². The zero-order chi connectivity index (χ0) is 30.8. The predicted octanol–water partition coefficient (Wildman–Crippen LogP) is 7.69. The lowest BCUT2D eigenvalue weighted by Crippen LogP contribution is -2.30. The lowest BCUT2D eigenvalue weighted by Gasteiger charge is -2.20. The summed E-state index contributed by atoms with van der Waals surface area (Å²) in [6.45, 7) is 2.46. The molecule has 0 radical (unpaired) electrons. The second-order valence-electron chi connectivity index (χ2n) is 10.1. The summed E-state index contributed by atoms with van der Waals surface area (Å²) in [7, 11) is 1.62. The molecule has 0 bridgehead atoms. The third-order valence-electron chi connectivity index (χ3n) is 7.01. The van der Waals surface area contributed by atoms with Crippen LogP contribution in [0.5, 0.6) is 11.5 Å². The SMILES string of the molecule is CCCCOc1ccc(C(Cc2ncc(-c3c(Cl)cccc3Cl)[nH]2)NC(=O)CCCc2ccc(OC)cc2)cc1C(=O)O. The number of carbonyl (C=O) groups excluding carboxylic acids is 1. The molecule has 0 aliphatic carbocycles. The number of aromatic nitrogens is 2. The molecule has 4 aromatic rings. The number of ether oxygens (including phenoxy) is 2. The van der Waals surface area contributed by atoms with Crippen LogP contribution in [-0.2, 0) is 17.6 Å². The van der Waals surface area contributed by atoms with Crippen molar-refractivity contribution in [1.29, 1.82) is 0 Å². The van der Waals surface area contributed by atoms with E-state index < -0.39 is 12.0 Å². The van der Waals surface area contributed by atoms with Gasteiger partial charge in [-0.3, -0.25) is 4.79 Å². The van der Waals surface area contributed by atoms with E-state index >= 15 is 0 Å². The largest absolute Gasteiger partial charge is 0.497 e. The molecule has 0 aliphatic rings. The zero-order valence-corrected chi connectivity index (χ0v) is 25.7. The van der Waals surface area contributed by atoms with E-state index in [2.05, 4.69) is 15.3 Å². The number of carboxylic acid groups (broad SMARTS) is 1. The lowest BCUT2D eigenvalue weighted by molar-refractivity contribution is -0.121. The van der Waals surface area contributed by atoms with Crippen LogP contribution in [0.2, 0.25) is 10.0 Å². The van der Waals surface area contributed by atoms with Crippen molar-refractivity contribution in [1.82, 2.24) is 15.3 Å². The minimum atomic E-state index is -1.11. The third kappa shape index (κ3) is 8.75.